The molecule has 0 fully saturated rings. The van der Waals surface area contributed by atoms with Crippen LogP contribution in [0.2, 0.25) is 5.02 Å². The Kier molecular flexibility index (Phi) is 4.45. The van der Waals surface area contributed by atoms with Gasteiger partial charge in [0.25, 0.3) is 0 Å². The first-order valence-electron chi connectivity index (χ1n) is 5.97. The molecule has 108 valence electrons. The van der Waals surface area contributed by atoms with Crippen LogP contribution in [-0.2, 0) is 4.74 Å². The Hall–Kier alpha value is -2.53. The second kappa shape index (κ2) is 6.28. The molecule has 0 saturated heterocycles. The minimum Gasteiger partial charge on any atom is -0.465 e. The number of anilines is 1. The van der Waals surface area contributed by atoms with E-state index in [1.807, 2.05) is 0 Å². The zero-order valence-corrected chi connectivity index (χ0v) is 11.9. The lowest BCUT2D eigenvalue weighted by Crippen LogP contribution is -2.09. The number of esters is 2. The summed E-state index contributed by atoms with van der Waals surface area (Å²) in [6, 6.07) is 10.5. The normalized spacial score (nSPS) is 10.0. The van der Waals surface area contributed by atoms with Crippen LogP contribution in [0.4, 0.5) is 5.69 Å². The molecular formula is C15H12ClNO4. The van der Waals surface area contributed by atoms with Crippen molar-refractivity contribution in [2.24, 2.45) is 0 Å². The highest BCUT2D eigenvalue weighted by Gasteiger charge is 2.11. The van der Waals surface area contributed by atoms with Gasteiger partial charge in [-0.25, -0.2) is 9.59 Å². The van der Waals surface area contributed by atoms with Crippen molar-refractivity contribution in [3.63, 3.8) is 0 Å². The predicted molar refractivity (Wildman–Crippen MR) is 78.6 cm³/mol. The Morgan fingerprint density at radius 1 is 1.00 bits per heavy atom. The molecule has 2 N–H and O–H groups in total. The summed E-state index contributed by atoms with van der Waals surface area (Å²) in [6.07, 6.45) is 0. The third kappa shape index (κ3) is 3.52. The Morgan fingerprint density at radius 2 is 1.62 bits per heavy atom. The van der Waals surface area contributed by atoms with Crippen LogP contribution in [0.15, 0.2) is 42.5 Å². The summed E-state index contributed by atoms with van der Waals surface area (Å²) in [4.78, 5) is 23.2. The number of hydrogen-bond donors (Lipinski definition) is 1. The van der Waals surface area contributed by atoms with Crippen LogP contribution in [0.25, 0.3) is 0 Å². The number of nitrogen functional groups attached to an aromatic ring is 1. The fourth-order valence-electron chi connectivity index (χ4n) is 1.61. The van der Waals surface area contributed by atoms with Crippen molar-refractivity contribution in [2.45, 2.75) is 0 Å². The molecule has 21 heavy (non-hydrogen) atoms. The third-order valence-corrected chi connectivity index (χ3v) is 3.06. The van der Waals surface area contributed by atoms with Crippen LogP contribution in [-0.4, -0.2) is 19.0 Å². The highest BCUT2D eigenvalue weighted by atomic mass is 35.5. The first-order chi connectivity index (χ1) is 10.0. The van der Waals surface area contributed by atoms with Gasteiger partial charge in [0.2, 0.25) is 0 Å². The van der Waals surface area contributed by atoms with E-state index in [1.54, 1.807) is 0 Å². The Balaban J connectivity index is 2.12. The van der Waals surface area contributed by atoms with E-state index < -0.39 is 11.9 Å². The SMILES string of the molecule is COC(=O)c1ccc(OC(=O)c2ccc(Cl)c(N)c2)cc1. The third-order valence-electron chi connectivity index (χ3n) is 2.72. The van der Waals surface area contributed by atoms with E-state index in [0.717, 1.165) is 0 Å². The Morgan fingerprint density at radius 3 is 2.19 bits per heavy atom. The van der Waals surface area contributed by atoms with Crippen molar-refractivity contribution in [1.29, 1.82) is 0 Å². The lowest BCUT2D eigenvalue weighted by Gasteiger charge is -2.06. The fourth-order valence-corrected chi connectivity index (χ4v) is 1.73. The molecule has 2 rings (SSSR count). The summed E-state index contributed by atoms with van der Waals surface area (Å²) in [6.45, 7) is 0. The molecule has 0 bridgehead atoms. The predicted octanol–water partition coefficient (Wildman–Crippen LogP) is 2.93. The van der Waals surface area contributed by atoms with Gasteiger partial charge in [-0.15, -0.1) is 0 Å². The quantitative estimate of drug-likeness (QED) is 0.536. The minimum absolute atomic E-state index is 0.286. The van der Waals surface area contributed by atoms with Crippen LogP contribution in [0, 0.1) is 0 Å². The van der Waals surface area contributed by atoms with Crippen molar-refractivity contribution < 1.29 is 19.1 Å². The molecule has 0 spiro atoms. The van der Waals surface area contributed by atoms with Gasteiger partial charge in [0.1, 0.15) is 5.75 Å². The number of benzene rings is 2. The van der Waals surface area contributed by atoms with Gasteiger partial charge in [0.05, 0.1) is 28.9 Å². The van der Waals surface area contributed by atoms with Crippen molar-refractivity contribution in [1.82, 2.24) is 0 Å². The lowest BCUT2D eigenvalue weighted by atomic mass is 10.2. The van der Waals surface area contributed by atoms with Crippen LogP contribution >= 0.6 is 11.6 Å². The molecule has 0 aliphatic heterocycles. The standard InChI is InChI=1S/C15H12ClNO4/c1-20-14(18)9-2-5-11(6-3-9)21-15(19)10-4-7-12(16)13(17)8-10/h2-8H,17H2,1H3. The largest absolute Gasteiger partial charge is 0.465 e. The number of halogens is 1. The molecule has 2 aromatic rings. The average molecular weight is 306 g/mol. The minimum atomic E-state index is -0.566. The van der Waals surface area contributed by atoms with Crippen LogP contribution in [0.1, 0.15) is 20.7 Å². The summed E-state index contributed by atoms with van der Waals surface area (Å²) in [5.41, 5.74) is 6.58. The van der Waals surface area contributed by atoms with E-state index in [2.05, 4.69) is 4.74 Å². The molecule has 0 saturated carbocycles. The lowest BCUT2D eigenvalue weighted by molar-refractivity contribution is 0.0600. The highest BCUT2D eigenvalue weighted by molar-refractivity contribution is 6.33. The van der Waals surface area contributed by atoms with Gasteiger partial charge < -0.3 is 15.2 Å². The number of hydrogen-bond acceptors (Lipinski definition) is 5. The summed E-state index contributed by atoms with van der Waals surface area (Å²) in [5, 5.41) is 0.369. The molecule has 0 atom stereocenters. The van der Waals surface area contributed by atoms with Crippen LogP contribution in [0.5, 0.6) is 5.75 Å². The summed E-state index contributed by atoms with van der Waals surface area (Å²) in [7, 11) is 1.29. The zero-order valence-electron chi connectivity index (χ0n) is 11.1. The van der Waals surface area contributed by atoms with Crippen molar-refractivity contribution in [3.05, 3.63) is 58.6 Å². The van der Waals surface area contributed by atoms with Crippen molar-refractivity contribution in [2.75, 3.05) is 12.8 Å². The van der Waals surface area contributed by atoms with E-state index in [4.69, 9.17) is 22.1 Å². The highest BCUT2D eigenvalue weighted by Crippen LogP contribution is 2.21. The van der Waals surface area contributed by atoms with E-state index in [1.165, 1.54) is 49.6 Å². The number of methoxy groups -OCH3 is 1. The van der Waals surface area contributed by atoms with E-state index >= 15 is 0 Å². The number of carbonyl (C=O) groups is 2. The smallest absolute Gasteiger partial charge is 0.343 e. The molecule has 0 aliphatic rings. The molecular weight excluding hydrogens is 294 g/mol. The number of nitrogens with two attached hydrogens (primary N) is 1. The molecule has 0 unspecified atom stereocenters. The average Bonchev–Trinajstić information content (AvgIpc) is 2.50. The number of ether oxygens (including phenoxy) is 2. The molecule has 2 aromatic carbocycles. The van der Waals surface area contributed by atoms with Gasteiger partial charge in [0, 0.05) is 0 Å². The molecule has 6 heteroatoms. The fraction of sp³-hybridized carbons (Fsp3) is 0.0667. The molecule has 5 nitrogen and oxygen atoms in total. The first kappa shape index (κ1) is 14.9. The van der Waals surface area contributed by atoms with Gasteiger partial charge in [0.15, 0.2) is 0 Å². The molecule has 0 aliphatic carbocycles. The van der Waals surface area contributed by atoms with Gasteiger partial charge in [-0.1, -0.05) is 11.6 Å². The second-order valence-electron chi connectivity index (χ2n) is 4.14. The van der Waals surface area contributed by atoms with E-state index in [-0.39, 0.29) is 5.56 Å². The summed E-state index contributed by atoms with van der Waals surface area (Å²) in [5.74, 6) is -0.719. The second-order valence-corrected chi connectivity index (χ2v) is 4.55. The number of rotatable bonds is 3. The monoisotopic (exact) mass is 305 g/mol. The zero-order chi connectivity index (χ0) is 15.4. The van der Waals surface area contributed by atoms with Crippen LogP contribution < -0.4 is 10.5 Å². The topological polar surface area (TPSA) is 78.6 Å². The van der Waals surface area contributed by atoms with Gasteiger partial charge >= 0.3 is 11.9 Å². The molecule has 0 radical (unpaired) electrons. The van der Waals surface area contributed by atoms with Gasteiger partial charge in [-0.05, 0) is 42.5 Å². The molecule has 0 amide bonds. The van der Waals surface area contributed by atoms with Crippen molar-refractivity contribution in [3.8, 4) is 5.75 Å². The molecule has 0 heterocycles. The maximum Gasteiger partial charge on any atom is 0.343 e. The maximum absolute atomic E-state index is 11.9. The van der Waals surface area contributed by atoms with Gasteiger partial charge in [-0.3, -0.25) is 0 Å². The Bertz CT molecular complexity index is 683. The maximum atomic E-state index is 11.9. The number of carbonyl (C=O) groups excluding carboxylic acids is 2. The summed E-state index contributed by atoms with van der Waals surface area (Å²) >= 11 is 5.79. The van der Waals surface area contributed by atoms with Crippen LogP contribution in [0.3, 0.4) is 0 Å². The Labute approximate surface area is 126 Å². The van der Waals surface area contributed by atoms with E-state index in [0.29, 0.717) is 22.0 Å². The van der Waals surface area contributed by atoms with Gasteiger partial charge in [-0.2, -0.15) is 0 Å². The summed E-state index contributed by atoms with van der Waals surface area (Å²) < 4.78 is 9.75. The van der Waals surface area contributed by atoms with Crippen molar-refractivity contribution >= 4 is 29.2 Å². The van der Waals surface area contributed by atoms with E-state index in [9.17, 15) is 9.59 Å². The molecule has 0 aromatic heterocycles. The first-order valence-corrected chi connectivity index (χ1v) is 6.34.